The van der Waals surface area contributed by atoms with E-state index in [4.69, 9.17) is 20.6 Å². The maximum Gasteiger partial charge on any atom is 0.189 e. The largest absolute Gasteiger partial charge is 0.341 e. The third-order valence-electron chi connectivity index (χ3n) is 3.41. The molecule has 15 heavy (non-hydrogen) atoms. The zero-order chi connectivity index (χ0) is 11.3. The fourth-order valence-electron chi connectivity index (χ4n) is 2.44. The second-order valence-electron chi connectivity index (χ2n) is 4.76. The van der Waals surface area contributed by atoms with Gasteiger partial charge in [0.15, 0.2) is 12.1 Å². The Kier molecular flexibility index (Phi) is 2.34. The zero-order valence-electron chi connectivity index (χ0n) is 9.74. The van der Waals surface area contributed by atoms with Crippen LogP contribution in [-0.4, -0.2) is 23.8 Å². The van der Waals surface area contributed by atoms with Crippen molar-refractivity contribution in [1.82, 2.24) is 0 Å². The molecule has 2 aliphatic heterocycles. The molecule has 0 amide bonds. The number of fused-ring (bicyclic) bond motifs is 1. The smallest absolute Gasteiger partial charge is 0.189 e. The van der Waals surface area contributed by atoms with Crippen molar-refractivity contribution < 1.29 is 14.2 Å². The molecule has 2 heterocycles. The molecule has 0 aromatic rings. The van der Waals surface area contributed by atoms with Crippen LogP contribution in [0.4, 0.5) is 0 Å². The van der Waals surface area contributed by atoms with Crippen molar-refractivity contribution in [2.75, 3.05) is 0 Å². The zero-order valence-corrected chi connectivity index (χ0v) is 9.74. The molecular weight excluding hydrogens is 192 g/mol. The standard InChI is InChI=1S/C12H18O3/c1-6-12(7-2)8(3)9-10(15-12)14-11(4,5)13-9/h1,8-10H,7H2,2-5H3/t8-,9?,10+,12-/m1/s1. The van der Waals surface area contributed by atoms with E-state index in [0.29, 0.717) is 0 Å². The van der Waals surface area contributed by atoms with Crippen molar-refractivity contribution in [2.45, 2.75) is 57.9 Å². The van der Waals surface area contributed by atoms with Crippen molar-refractivity contribution in [2.24, 2.45) is 5.92 Å². The van der Waals surface area contributed by atoms with Crippen molar-refractivity contribution in [1.29, 1.82) is 0 Å². The summed E-state index contributed by atoms with van der Waals surface area (Å²) in [6.45, 7) is 7.89. The van der Waals surface area contributed by atoms with Crippen LogP contribution in [0.3, 0.4) is 0 Å². The van der Waals surface area contributed by atoms with Crippen LogP contribution in [0.15, 0.2) is 0 Å². The van der Waals surface area contributed by atoms with Crippen LogP contribution in [0, 0.1) is 18.3 Å². The molecule has 84 valence electrons. The molecule has 3 heteroatoms. The molecule has 0 spiro atoms. The van der Waals surface area contributed by atoms with Gasteiger partial charge in [0.1, 0.15) is 11.7 Å². The van der Waals surface area contributed by atoms with E-state index in [1.54, 1.807) is 0 Å². The van der Waals surface area contributed by atoms with Crippen LogP contribution >= 0.6 is 0 Å². The van der Waals surface area contributed by atoms with Gasteiger partial charge in [-0.2, -0.15) is 0 Å². The molecule has 1 unspecified atom stereocenters. The van der Waals surface area contributed by atoms with E-state index in [9.17, 15) is 0 Å². The summed E-state index contributed by atoms with van der Waals surface area (Å²) in [5.74, 6) is 2.36. The summed E-state index contributed by atoms with van der Waals surface area (Å²) in [5, 5.41) is 0. The third-order valence-corrected chi connectivity index (χ3v) is 3.41. The molecule has 0 aromatic carbocycles. The molecule has 0 saturated carbocycles. The third kappa shape index (κ3) is 1.48. The predicted molar refractivity (Wildman–Crippen MR) is 55.9 cm³/mol. The Morgan fingerprint density at radius 1 is 1.27 bits per heavy atom. The summed E-state index contributed by atoms with van der Waals surface area (Å²) in [6.07, 6.45) is 5.98. The van der Waals surface area contributed by atoms with Gasteiger partial charge in [0.05, 0.1) is 0 Å². The van der Waals surface area contributed by atoms with Crippen LogP contribution in [-0.2, 0) is 14.2 Å². The second kappa shape index (κ2) is 3.21. The van der Waals surface area contributed by atoms with E-state index in [2.05, 4.69) is 12.8 Å². The highest BCUT2D eigenvalue weighted by Crippen LogP contribution is 2.46. The Morgan fingerprint density at radius 3 is 2.40 bits per heavy atom. The van der Waals surface area contributed by atoms with Gasteiger partial charge in [-0.05, 0) is 20.3 Å². The minimum absolute atomic E-state index is 0.0454. The molecule has 2 saturated heterocycles. The minimum atomic E-state index is -0.557. The average Bonchev–Trinajstić information content (AvgIpc) is 2.59. The van der Waals surface area contributed by atoms with E-state index in [1.807, 2.05) is 20.8 Å². The summed E-state index contributed by atoms with van der Waals surface area (Å²) in [5.41, 5.74) is -0.522. The molecule has 0 aromatic heterocycles. The maximum absolute atomic E-state index is 5.84. The summed E-state index contributed by atoms with van der Waals surface area (Å²) < 4.78 is 17.3. The Hall–Kier alpha value is -0.560. The summed E-state index contributed by atoms with van der Waals surface area (Å²) >= 11 is 0. The normalized spacial score (nSPS) is 47.5. The molecule has 0 aliphatic carbocycles. The highest BCUT2D eigenvalue weighted by Gasteiger charge is 2.58. The molecule has 0 bridgehead atoms. The van der Waals surface area contributed by atoms with Crippen LogP contribution < -0.4 is 0 Å². The van der Waals surface area contributed by atoms with Gasteiger partial charge in [-0.3, -0.25) is 0 Å². The summed E-state index contributed by atoms with van der Waals surface area (Å²) in [4.78, 5) is 0. The number of hydrogen-bond donors (Lipinski definition) is 0. The van der Waals surface area contributed by atoms with Crippen LogP contribution in [0.25, 0.3) is 0 Å². The molecule has 2 rings (SSSR count). The minimum Gasteiger partial charge on any atom is -0.341 e. The lowest BCUT2D eigenvalue weighted by Gasteiger charge is -2.29. The first kappa shape index (κ1) is 10.9. The SMILES string of the molecule is C#C[C@]1(CC)O[C@@H]2OC(C)(C)OC2[C@H]1C. The van der Waals surface area contributed by atoms with Gasteiger partial charge in [-0.1, -0.05) is 19.8 Å². The van der Waals surface area contributed by atoms with Gasteiger partial charge in [0, 0.05) is 5.92 Å². The van der Waals surface area contributed by atoms with Crippen LogP contribution in [0.2, 0.25) is 0 Å². The lowest BCUT2D eigenvalue weighted by molar-refractivity contribution is -0.221. The Morgan fingerprint density at radius 2 is 1.93 bits per heavy atom. The number of hydrogen-bond acceptors (Lipinski definition) is 3. The Balaban J connectivity index is 2.22. The molecule has 3 nitrogen and oxygen atoms in total. The van der Waals surface area contributed by atoms with Crippen LogP contribution in [0.1, 0.15) is 34.1 Å². The van der Waals surface area contributed by atoms with Gasteiger partial charge in [0.2, 0.25) is 0 Å². The fourth-order valence-corrected chi connectivity index (χ4v) is 2.44. The van der Waals surface area contributed by atoms with E-state index in [1.165, 1.54) is 0 Å². The van der Waals surface area contributed by atoms with Gasteiger partial charge >= 0.3 is 0 Å². The van der Waals surface area contributed by atoms with Crippen molar-refractivity contribution >= 4 is 0 Å². The Labute approximate surface area is 91.1 Å². The van der Waals surface area contributed by atoms with Crippen molar-refractivity contribution in [3.63, 3.8) is 0 Å². The van der Waals surface area contributed by atoms with Gasteiger partial charge in [-0.15, -0.1) is 6.42 Å². The molecule has 2 fully saturated rings. The van der Waals surface area contributed by atoms with E-state index < -0.39 is 11.4 Å². The van der Waals surface area contributed by atoms with E-state index in [-0.39, 0.29) is 18.3 Å². The second-order valence-corrected chi connectivity index (χ2v) is 4.76. The predicted octanol–water partition coefficient (Wildman–Crippen LogP) is 1.91. The quantitative estimate of drug-likeness (QED) is 0.619. The number of terminal acetylenes is 1. The van der Waals surface area contributed by atoms with Gasteiger partial charge in [-0.25, -0.2) is 0 Å². The maximum atomic E-state index is 5.84. The molecule has 2 aliphatic rings. The average molecular weight is 210 g/mol. The van der Waals surface area contributed by atoms with E-state index >= 15 is 0 Å². The lowest BCUT2D eigenvalue weighted by Crippen LogP contribution is -2.37. The fraction of sp³-hybridized carbons (Fsp3) is 0.833. The molecule has 4 atom stereocenters. The summed E-state index contributed by atoms with van der Waals surface area (Å²) in [7, 11) is 0. The molecule has 0 radical (unpaired) electrons. The first-order chi connectivity index (χ1) is 6.94. The van der Waals surface area contributed by atoms with Crippen molar-refractivity contribution in [3.05, 3.63) is 0 Å². The topological polar surface area (TPSA) is 27.7 Å². The summed E-state index contributed by atoms with van der Waals surface area (Å²) in [6, 6.07) is 0. The molecular formula is C12H18O3. The number of rotatable bonds is 1. The van der Waals surface area contributed by atoms with Gasteiger partial charge < -0.3 is 14.2 Å². The monoisotopic (exact) mass is 210 g/mol. The highest BCUT2D eigenvalue weighted by atomic mass is 16.8. The van der Waals surface area contributed by atoms with Gasteiger partial charge in [0.25, 0.3) is 0 Å². The first-order valence-electron chi connectivity index (χ1n) is 5.45. The van der Waals surface area contributed by atoms with Crippen LogP contribution in [0.5, 0.6) is 0 Å². The first-order valence-corrected chi connectivity index (χ1v) is 5.45. The van der Waals surface area contributed by atoms with Crippen molar-refractivity contribution in [3.8, 4) is 12.3 Å². The Bertz CT molecular complexity index is 304. The highest BCUT2D eigenvalue weighted by molar-refractivity contribution is 5.16. The molecule has 0 N–H and O–H groups in total. The number of ether oxygens (including phenoxy) is 3. The van der Waals surface area contributed by atoms with E-state index in [0.717, 1.165) is 6.42 Å². The lowest BCUT2D eigenvalue weighted by atomic mass is 9.86.